The minimum absolute atomic E-state index is 0.254. The van der Waals surface area contributed by atoms with E-state index in [4.69, 9.17) is 0 Å². The molecular weight excluding hydrogens is 310 g/mol. The zero-order valence-corrected chi connectivity index (χ0v) is 12.6. The number of rotatable bonds is 2. The number of nitriles is 1. The van der Waals surface area contributed by atoms with Crippen molar-refractivity contribution in [2.45, 2.75) is 6.42 Å². The predicted molar refractivity (Wildman–Crippen MR) is 85.8 cm³/mol. The molecule has 0 atom stereocenters. The molecule has 2 aromatic carbocycles. The van der Waals surface area contributed by atoms with Crippen molar-refractivity contribution >= 4 is 5.82 Å². The summed E-state index contributed by atoms with van der Waals surface area (Å²) in [6.45, 7) is 0.706. The van der Waals surface area contributed by atoms with Crippen LogP contribution in [-0.2, 0) is 6.42 Å². The van der Waals surface area contributed by atoms with Gasteiger partial charge >= 0.3 is 0 Å². The highest BCUT2D eigenvalue weighted by molar-refractivity contribution is 5.73. The van der Waals surface area contributed by atoms with Crippen molar-refractivity contribution in [1.82, 2.24) is 9.78 Å². The zero-order valence-electron chi connectivity index (χ0n) is 12.6. The summed E-state index contributed by atoms with van der Waals surface area (Å²) in [6.07, 6.45) is 0.691. The Hall–Kier alpha value is -3.20. The van der Waals surface area contributed by atoms with Crippen LogP contribution in [0.25, 0.3) is 16.9 Å². The van der Waals surface area contributed by atoms with Crippen molar-refractivity contribution in [3.8, 4) is 23.0 Å². The van der Waals surface area contributed by atoms with Gasteiger partial charge < -0.3 is 5.32 Å². The third-order valence-electron chi connectivity index (χ3n) is 4.09. The third kappa shape index (κ3) is 2.14. The first-order chi connectivity index (χ1) is 11.7. The fourth-order valence-electron chi connectivity index (χ4n) is 3.00. The maximum absolute atomic E-state index is 14.2. The molecule has 2 heterocycles. The van der Waals surface area contributed by atoms with Gasteiger partial charge in [-0.15, -0.1) is 0 Å². The maximum Gasteiger partial charge on any atom is 0.135 e. The Balaban J connectivity index is 1.95. The molecule has 4 rings (SSSR count). The summed E-state index contributed by atoms with van der Waals surface area (Å²) in [5, 5.41) is 17.1. The molecule has 0 saturated heterocycles. The van der Waals surface area contributed by atoms with Crippen molar-refractivity contribution < 1.29 is 8.78 Å². The molecule has 1 aliphatic rings. The molecule has 0 bridgehead atoms. The van der Waals surface area contributed by atoms with Gasteiger partial charge in [-0.3, -0.25) is 0 Å². The van der Waals surface area contributed by atoms with Crippen molar-refractivity contribution in [2.75, 3.05) is 11.9 Å². The first kappa shape index (κ1) is 14.4. The van der Waals surface area contributed by atoms with E-state index in [1.54, 1.807) is 22.9 Å². The second-order valence-electron chi connectivity index (χ2n) is 5.52. The highest BCUT2D eigenvalue weighted by atomic mass is 19.1. The van der Waals surface area contributed by atoms with Gasteiger partial charge in [0, 0.05) is 23.7 Å². The second kappa shape index (κ2) is 5.46. The fraction of sp³-hybridized carbons (Fsp3) is 0.111. The number of anilines is 1. The van der Waals surface area contributed by atoms with Crippen LogP contribution in [0.4, 0.5) is 14.6 Å². The van der Waals surface area contributed by atoms with Crippen molar-refractivity contribution in [3.63, 3.8) is 0 Å². The lowest BCUT2D eigenvalue weighted by atomic mass is 10.1. The van der Waals surface area contributed by atoms with E-state index in [9.17, 15) is 14.0 Å². The lowest BCUT2D eigenvalue weighted by Gasteiger charge is -2.08. The number of benzene rings is 2. The molecule has 0 spiro atoms. The maximum atomic E-state index is 14.2. The SMILES string of the molecule is N#Cc1ccccc1-n1nc(-c2ccc(F)cc2F)c2c1NCC2. The van der Waals surface area contributed by atoms with E-state index in [-0.39, 0.29) is 5.56 Å². The monoisotopic (exact) mass is 322 g/mol. The fourth-order valence-corrected chi connectivity index (χ4v) is 3.00. The second-order valence-corrected chi connectivity index (χ2v) is 5.52. The number of para-hydroxylation sites is 1. The Morgan fingerprint density at radius 1 is 1.17 bits per heavy atom. The van der Waals surface area contributed by atoms with Crippen LogP contribution in [0.1, 0.15) is 11.1 Å². The number of fused-ring (bicyclic) bond motifs is 1. The van der Waals surface area contributed by atoms with Gasteiger partial charge in [-0.05, 0) is 30.7 Å². The first-order valence-corrected chi connectivity index (χ1v) is 7.49. The van der Waals surface area contributed by atoms with E-state index < -0.39 is 11.6 Å². The van der Waals surface area contributed by atoms with Crippen molar-refractivity contribution in [3.05, 3.63) is 65.2 Å². The molecule has 6 heteroatoms. The quantitative estimate of drug-likeness (QED) is 0.783. The summed E-state index contributed by atoms with van der Waals surface area (Å²) >= 11 is 0. The van der Waals surface area contributed by atoms with E-state index in [1.807, 2.05) is 6.07 Å². The topological polar surface area (TPSA) is 53.6 Å². The van der Waals surface area contributed by atoms with Crippen LogP contribution < -0.4 is 5.32 Å². The van der Waals surface area contributed by atoms with E-state index in [1.165, 1.54) is 12.1 Å². The molecule has 0 aliphatic carbocycles. The number of aromatic nitrogens is 2. The molecule has 24 heavy (non-hydrogen) atoms. The lowest BCUT2D eigenvalue weighted by Crippen LogP contribution is -2.06. The van der Waals surface area contributed by atoms with E-state index in [0.717, 1.165) is 17.4 Å². The van der Waals surface area contributed by atoms with Crippen LogP contribution in [0.2, 0.25) is 0 Å². The minimum Gasteiger partial charge on any atom is -0.369 e. The van der Waals surface area contributed by atoms with Crippen LogP contribution >= 0.6 is 0 Å². The summed E-state index contributed by atoms with van der Waals surface area (Å²) in [5.41, 5.74) is 2.69. The molecule has 118 valence electrons. The van der Waals surface area contributed by atoms with Gasteiger partial charge in [0.05, 0.1) is 11.3 Å². The van der Waals surface area contributed by atoms with Gasteiger partial charge in [-0.25, -0.2) is 13.5 Å². The molecule has 0 unspecified atom stereocenters. The third-order valence-corrected chi connectivity index (χ3v) is 4.09. The summed E-state index contributed by atoms with van der Waals surface area (Å²) in [6, 6.07) is 12.7. The Kier molecular flexibility index (Phi) is 3.28. The van der Waals surface area contributed by atoms with Gasteiger partial charge in [-0.2, -0.15) is 10.4 Å². The predicted octanol–water partition coefficient (Wildman–Crippen LogP) is 3.66. The molecular formula is C18H12F2N4. The van der Waals surface area contributed by atoms with Gasteiger partial charge in [0.1, 0.15) is 29.2 Å². The Morgan fingerprint density at radius 2 is 2.00 bits per heavy atom. The van der Waals surface area contributed by atoms with Crippen LogP contribution in [0.3, 0.4) is 0 Å². The van der Waals surface area contributed by atoms with Crippen molar-refractivity contribution in [2.24, 2.45) is 0 Å². The summed E-state index contributed by atoms with van der Waals surface area (Å²) in [5.74, 6) is -0.528. The Morgan fingerprint density at radius 3 is 2.79 bits per heavy atom. The standard InChI is InChI=1S/C18H12F2N4/c19-12-5-6-13(15(20)9-12)17-14-7-8-22-18(14)24(23-17)16-4-2-1-3-11(16)10-21/h1-6,9,22H,7-8H2. The Labute approximate surface area is 137 Å². The van der Waals surface area contributed by atoms with E-state index in [2.05, 4.69) is 16.5 Å². The highest BCUT2D eigenvalue weighted by Crippen LogP contribution is 2.36. The summed E-state index contributed by atoms with van der Waals surface area (Å²) < 4.78 is 29.0. The average molecular weight is 322 g/mol. The number of halogens is 2. The molecule has 0 radical (unpaired) electrons. The molecule has 1 aromatic heterocycles. The van der Waals surface area contributed by atoms with Crippen molar-refractivity contribution in [1.29, 1.82) is 5.26 Å². The molecule has 1 N–H and O–H groups in total. The Bertz CT molecular complexity index is 985. The smallest absolute Gasteiger partial charge is 0.135 e. The highest BCUT2D eigenvalue weighted by Gasteiger charge is 2.26. The lowest BCUT2D eigenvalue weighted by molar-refractivity contribution is 0.585. The number of nitrogens with zero attached hydrogens (tertiary/aromatic N) is 3. The first-order valence-electron chi connectivity index (χ1n) is 7.49. The minimum atomic E-state index is -0.650. The van der Waals surface area contributed by atoms with Crippen LogP contribution in [-0.4, -0.2) is 16.3 Å². The van der Waals surface area contributed by atoms with Gasteiger partial charge in [0.15, 0.2) is 0 Å². The van der Waals surface area contributed by atoms with Crippen LogP contribution in [0, 0.1) is 23.0 Å². The zero-order chi connectivity index (χ0) is 16.7. The molecule has 0 saturated carbocycles. The molecule has 1 aliphatic heterocycles. The van der Waals surface area contributed by atoms with Crippen LogP contribution in [0.15, 0.2) is 42.5 Å². The molecule has 0 amide bonds. The number of hydrogen-bond acceptors (Lipinski definition) is 3. The average Bonchev–Trinajstić information content (AvgIpc) is 3.18. The van der Waals surface area contributed by atoms with Crippen LogP contribution in [0.5, 0.6) is 0 Å². The molecule has 0 fully saturated rings. The van der Waals surface area contributed by atoms with Gasteiger partial charge in [-0.1, -0.05) is 12.1 Å². The largest absolute Gasteiger partial charge is 0.369 e. The number of hydrogen-bond donors (Lipinski definition) is 1. The van der Waals surface area contributed by atoms with E-state index >= 15 is 0 Å². The normalized spacial score (nSPS) is 12.5. The number of nitrogens with one attached hydrogen (secondary N) is 1. The molecule has 3 aromatic rings. The molecule has 4 nitrogen and oxygen atoms in total. The van der Waals surface area contributed by atoms with E-state index in [0.29, 0.717) is 29.9 Å². The summed E-state index contributed by atoms with van der Waals surface area (Å²) in [4.78, 5) is 0. The summed E-state index contributed by atoms with van der Waals surface area (Å²) in [7, 11) is 0. The van der Waals surface area contributed by atoms with Gasteiger partial charge in [0.25, 0.3) is 0 Å². The van der Waals surface area contributed by atoms with Gasteiger partial charge in [0.2, 0.25) is 0 Å².